The summed E-state index contributed by atoms with van der Waals surface area (Å²) in [6.07, 6.45) is 7.36. The van der Waals surface area contributed by atoms with Crippen LogP contribution in [0.2, 0.25) is 0 Å². The maximum absolute atomic E-state index is 13.5. The van der Waals surface area contributed by atoms with Crippen molar-refractivity contribution in [2.24, 2.45) is 10.9 Å². The first-order valence-corrected chi connectivity index (χ1v) is 12.5. The van der Waals surface area contributed by atoms with Crippen LogP contribution in [0.1, 0.15) is 33.6 Å². The standard InChI is InChI=1S/C22H26BrN3O5S/c1-22(2,3)31-21(28)26-13-9-16(20(27)25-12-4-10-24-11-14-25)15-19(26)32(29,30)18-7-5-17(23)6-8-18/h4-8,10-12,14,16,19H,9,13,15H2,1-3H3. The zero-order valence-corrected chi connectivity index (χ0v) is 20.5. The Hall–Kier alpha value is -2.46. The molecule has 1 saturated heterocycles. The lowest BCUT2D eigenvalue weighted by Crippen LogP contribution is -2.53. The number of aliphatic imine (C=N–C) groups is 1. The van der Waals surface area contributed by atoms with Gasteiger partial charge in [-0.3, -0.25) is 19.6 Å². The molecule has 10 heteroatoms. The molecule has 3 rings (SSSR count). The molecular weight excluding hydrogens is 498 g/mol. The normalized spacial score (nSPS) is 21.4. The summed E-state index contributed by atoms with van der Waals surface area (Å²) in [4.78, 5) is 32.6. The molecule has 1 fully saturated rings. The largest absolute Gasteiger partial charge is 0.444 e. The van der Waals surface area contributed by atoms with Gasteiger partial charge in [-0.05, 0) is 64.0 Å². The van der Waals surface area contributed by atoms with Gasteiger partial charge in [-0.1, -0.05) is 15.9 Å². The molecule has 2 aliphatic rings. The number of benzene rings is 1. The van der Waals surface area contributed by atoms with Crippen molar-refractivity contribution >= 4 is 44.0 Å². The van der Waals surface area contributed by atoms with Gasteiger partial charge in [0.2, 0.25) is 5.91 Å². The lowest BCUT2D eigenvalue weighted by Gasteiger charge is -2.39. The molecule has 0 bridgehead atoms. The Morgan fingerprint density at radius 2 is 1.84 bits per heavy atom. The molecule has 2 aliphatic heterocycles. The van der Waals surface area contributed by atoms with E-state index in [4.69, 9.17) is 4.74 Å². The van der Waals surface area contributed by atoms with E-state index in [-0.39, 0.29) is 23.8 Å². The summed E-state index contributed by atoms with van der Waals surface area (Å²) in [7, 11) is -3.96. The fourth-order valence-electron chi connectivity index (χ4n) is 3.50. The maximum atomic E-state index is 13.5. The number of likely N-dealkylation sites (tertiary alicyclic amines) is 1. The van der Waals surface area contributed by atoms with Crippen molar-refractivity contribution in [3.8, 4) is 0 Å². The number of nitrogens with zero attached hydrogens (tertiary/aromatic N) is 3. The lowest BCUT2D eigenvalue weighted by atomic mass is 9.95. The molecule has 0 N–H and O–H groups in total. The number of carbonyl (C=O) groups is 2. The summed E-state index contributed by atoms with van der Waals surface area (Å²) >= 11 is 3.30. The van der Waals surface area contributed by atoms with Crippen LogP contribution in [0, 0.1) is 5.92 Å². The minimum atomic E-state index is -3.96. The van der Waals surface area contributed by atoms with Gasteiger partial charge in [-0.15, -0.1) is 0 Å². The Balaban J connectivity index is 1.92. The van der Waals surface area contributed by atoms with Crippen LogP contribution in [-0.4, -0.2) is 54.0 Å². The van der Waals surface area contributed by atoms with E-state index in [1.165, 1.54) is 34.3 Å². The number of amides is 2. The van der Waals surface area contributed by atoms with E-state index >= 15 is 0 Å². The average molecular weight is 524 g/mol. The van der Waals surface area contributed by atoms with Crippen molar-refractivity contribution < 1.29 is 22.7 Å². The Bertz CT molecular complexity index is 1040. The predicted octanol–water partition coefficient (Wildman–Crippen LogP) is 4.09. The van der Waals surface area contributed by atoms with Gasteiger partial charge in [0.15, 0.2) is 9.84 Å². The number of carbonyl (C=O) groups excluding carboxylic acids is 2. The van der Waals surface area contributed by atoms with Gasteiger partial charge in [-0.2, -0.15) is 0 Å². The molecule has 2 amide bonds. The van der Waals surface area contributed by atoms with Crippen LogP contribution >= 0.6 is 15.9 Å². The van der Waals surface area contributed by atoms with Crippen molar-refractivity contribution in [3.05, 3.63) is 53.4 Å². The average Bonchev–Trinajstić information content (AvgIpc) is 3.01. The third kappa shape index (κ3) is 5.66. The smallest absolute Gasteiger partial charge is 0.411 e. The summed E-state index contributed by atoms with van der Waals surface area (Å²) in [6.45, 7) is 5.25. The first-order chi connectivity index (χ1) is 15.0. The van der Waals surface area contributed by atoms with Gasteiger partial charge in [0.1, 0.15) is 11.0 Å². The molecule has 2 heterocycles. The van der Waals surface area contributed by atoms with Crippen LogP contribution in [0.25, 0.3) is 0 Å². The van der Waals surface area contributed by atoms with Crippen LogP contribution in [0.15, 0.2) is 63.3 Å². The van der Waals surface area contributed by atoms with Crippen molar-refractivity contribution in [1.82, 2.24) is 9.80 Å². The molecule has 2 unspecified atom stereocenters. The van der Waals surface area contributed by atoms with Crippen molar-refractivity contribution in [1.29, 1.82) is 0 Å². The van der Waals surface area contributed by atoms with Gasteiger partial charge >= 0.3 is 6.09 Å². The molecule has 0 aromatic heterocycles. The Labute approximate surface area is 196 Å². The van der Waals surface area contributed by atoms with E-state index in [0.29, 0.717) is 6.42 Å². The molecule has 0 aliphatic carbocycles. The number of allylic oxidation sites excluding steroid dienone is 1. The highest BCUT2D eigenvalue weighted by Crippen LogP contribution is 2.33. The third-order valence-electron chi connectivity index (χ3n) is 5.02. The van der Waals surface area contributed by atoms with Crippen molar-refractivity contribution in [2.75, 3.05) is 6.54 Å². The highest BCUT2D eigenvalue weighted by atomic mass is 79.9. The van der Waals surface area contributed by atoms with Crippen molar-refractivity contribution in [2.45, 2.75) is 49.5 Å². The SMILES string of the molecule is CC(C)(C)OC(=O)N1CCC(C(=O)N2C=CC=NC=C2)CC1S(=O)(=O)c1ccc(Br)cc1. The van der Waals surface area contributed by atoms with E-state index in [2.05, 4.69) is 20.9 Å². The highest BCUT2D eigenvalue weighted by Gasteiger charge is 2.44. The van der Waals surface area contributed by atoms with Crippen LogP contribution in [0.5, 0.6) is 0 Å². The molecule has 8 nitrogen and oxygen atoms in total. The first-order valence-electron chi connectivity index (χ1n) is 10.2. The van der Waals surface area contributed by atoms with Crippen LogP contribution < -0.4 is 0 Å². The van der Waals surface area contributed by atoms with E-state index in [1.54, 1.807) is 51.4 Å². The number of halogens is 1. The van der Waals surface area contributed by atoms with Gasteiger partial charge in [-0.25, -0.2) is 13.2 Å². The topological polar surface area (TPSA) is 96.3 Å². The lowest BCUT2D eigenvalue weighted by molar-refractivity contribution is -0.132. The Morgan fingerprint density at radius 1 is 1.16 bits per heavy atom. The fourth-order valence-corrected chi connectivity index (χ4v) is 5.61. The molecule has 0 radical (unpaired) electrons. The number of hydrogen-bond donors (Lipinski definition) is 0. The van der Waals surface area contributed by atoms with Gasteiger partial charge < -0.3 is 4.74 Å². The highest BCUT2D eigenvalue weighted by molar-refractivity contribution is 9.10. The van der Waals surface area contributed by atoms with Crippen LogP contribution in [0.4, 0.5) is 4.79 Å². The van der Waals surface area contributed by atoms with E-state index < -0.39 is 32.8 Å². The molecule has 2 atom stereocenters. The molecule has 1 aromatic rings. The minimum Gasteiger partial charge on any atom is -0.444 e. The summed E-state index contributed by atoms with van der Waals surface area (Å²) < 4.78 is 33.3. The second-order valence-electron chi connectivity index (χ2n) is 8.53. The second-order valence-corrected chi connectivity index (χ2v) is 11.6. The molecule has 0 saturated carbocycles. The van der Waals surface area contributed by atoms with Gasteiger partial charge in [0.05, 0.1) is 4.90 Å². The maximum Gasteiger partial charge on any atom is 0.411 e. The van der Waals surface area contributed by atoms with E-state index in [0.717, 1.165) is 4.47 Å². The van der Waals surface area contributed by atoms with E-state index in [1.807, 2.05) is 0 Å². The zero-order chi connectivity index (χ0) is 23.5. The molecule has 1 aromatic carbocycles. The monoisotopic (exact) mass is 523 g/mol. The number of hydrogen-bond acceptors (Lipinski definition) is 6. The summed E-state index contributed by atoms with van der Waals surface area (Å²) in [5.41, 5.74) is -0.780. The zero-order valence-electron chi connectivity index (χ0n) is 18.1. The molecule has 172 valence electrons. The number of sulfone groups is 1. The summed E-state index contributed by atoms with van der Waals surface area (Å²) in [6, 6.07) is 6.22. The van der Waals surface area contributed by atoms with Crippen molar-refractivity contribution in [3.63, 3.8) is 0 Å². The van der Waals surface area contributed by atoms with Crippen LogP contribution in [0.3, 0.4) is 0 Å². The Morgan fingerprint density at radius 3 is 2.50 bits per heavy atom. The molecular formula is C22H26BrN3O5S. The summed E-state index contributed by atoms with van der Waals surface area (Å²) in [5, 5.41) is -1.22. The molecule has 0 spiro atoms. The third-order valence-corrected chi connectivity index (χ3v) is 7.64. The minimum absolute atomic E-state index is 0.0322. The summed E-state index contributed by atoms with van der Waals surface area (Å²) in [5.74, 6) is -0.834. The van der Waals surface area contributed by atoms with E-state index in [9.17, 15) is 18.0 Å². The fraction of sp³-hybridized carbons (Fsp3) is 0.409. The van der Waals surface area contributed by atoms with Crippen LogP contribution in [-0.2, 0) is 19.4 Å². The Kier molecular flexibility index (Phi) is 7.24. The van der Waals surface area contributed by atoms with Gasteiger partial charge in [0.25, 0.3) is 0 Å². The molecule has 32 heavy (non-hydrogen) atoms. The number of rotatable bonds is 3. The predicted molar refractivity (Wildman–Crippen MR) is 124 cm³/mol. The quantitative estimate of drug-likeness (QED) is 0.594. The second kappa shape index (κ2) is 9.58. The van der Waals surface area contributed by atoms with Gasteiger partial charge in [0, 0.05) is 41.7 Å². The first kappa shape index (κ1) is 24.2. The number of ether oxygens (including phenoxy) is 1. The number of piperidine rings is 1.